The van der Waals surface area contributed by atoms with Gasteiger partial charge >= 0.3 is 5.97 Å². The van der Waals surface area contributed by atoms with Gasteiger partial charge in [-0.1, -0.05) is 45.5 Å². The molecule has 2 aromatic carbocycles. The highest BCUT2D eigenvalue weighted by molar-refractivity contribution is 9.10. The fourth-order valence-corrected chi connectivity index (χ4v) is 6.28. The van der Waals surface area contributed by atoms with Gasteiger partial charge in [-0.25, -0.2) is 9.79 Å². The van der Waals surface area contributed by atoms with Gasteiger partial charge in [-0.2, -0.15) is 0 Å². The lowest BCUT2D eigenvalue weighted by Gasteiger charge is -2.26. The van der Waals surface area contributed by atoms with E-state index in [1.807, 2.05) is 36.4 Å². The lowest BCUT2D eigenvalue weighted by molar-refractivity contribution is -0.143. The van der Waals surface area contributed by atoms with Crippen LogP contribution >= 0.6 is 27.3 Å². The molecule has 0 spiro atoms. The highest BCUT2D eigenvalue weighted by atomic mass is 79.9. The summed E-state index contributed by atoms with van der Waals surface area (Å²) in [6, 6.07) is 12.9. The summed E-state index contributed by atoms with van der Waals surface area (Å²) in [6.45, 7) is 8.28. The van der Waals surface area contributed by atoms with Crippen LogP contribution in [0.25, 0.3) is 17.0 Å². The van der Waals surface area contributed by atoms with Crippen LogP contribution in [-0.4, -0.2) is 28.3 Å². The second-order valence-electron chi connectivity index (χ2n) is 9.31. The highest BCUT2D eigenvalue weighted by Gasteiger charge is 2.35. The van der Waals surface area contributed by atoms with E-state index in [-0.39, 0.29) is 11.7 Å². The molecule has 2 aromatic heterocycles. The van der Waals surface area contributed by atoms with Gasteiger partial charge in [0.2, 0.25) is 0 Å². The standard InChI is InChI=1S/C29H28BrN3O4S/c1-6-32-15-18(20-9-7-8-10-22(20)32)13-24-27(34)33-26(21-14-19(30)11-12-23(21)36-5)25(28(35)37-16(2)3)17(4)31-29(33)38-24/h7-16,26H,6H2,1-5H3/b24-13-/t26-/m1/s1. The zero-order valence-corrected chi connectivity index (χ0v) is 24.2. The summed E-state index contributed by atoms with van der Waals surface area (Å²) in [4.78, 5) is 32.6. The van der Waals surface area contributed by atoms with Crippen molar-refractivity contribution in [3.05, 3.63) is 95.2 Å². The number of methoxy groups -OCH3 is 1. The Labute approximate surface area is 232 Å². The molecule has 0 saturated heterocycles. The van der Waals surface area contributed by atoms with Gasteiger partial charge < -0.3 is 14.0 Å². The summed E-state index contributed by atoms with van der Waals surface area (Å²) in [5, 5.41) is 1.07. The van der Waals surface area contributed by atoms with E-state index in [9.17, 15) is 9.59 Å². The first-order chi connectivity index (χ1) is 18.2. The van der Waals surface area contributed by atoms with Gasteiger partial charge in [-0.05, 0) is 58.0 Å². The second-order valence-corrected chi connectivity index (χ2v) is 11.2. The maximum Gasteiger partial charge on any atom is 0.338 e. The molecule has 1 atom stereocenters. The number of nitrogens with zero attached hydrogens (tertiary/aromatic N) is 3. The molecule has 7 nitrogen and oxygen atoms in total. The highest BCUT2D eigenvalue weighted by Crippen LogP contribution is 2.37. The number of carbonyl (C=O) groups is 1. The molecule has 4 aromatic rings. The van der Waals surface area contributed by atoms with Crippen LogP contribution in [-0.2, 0) is 16.1 Å². The van der Waals surface area contributed by atoms with Crippen molar-refractivity contribution in [1.29, 1.82) is 0 Å². The van der Waals surface area contributed by atoms with Crippen molar-refractivity contribution in [2.75, 3.05) is 7.11 Å². The molecule has 38 heavy (non-hydrogen) atoms. The molecule has 0 fully saturated rings. The number of halogens is 1. The Balaban J connectivity index is 1.78. The quantitative estimate of drug-likeness (QED) is 0.297. The Morgan fingerprint density at radius 3 is 2.71 bits per heavy atom. The monoisotopic (exact) mass is 593 g/mol. The molecule has 0 saturated carbocycles. The number of benzene rings is 2. The first kappa shape index (κ1) is 26.2. The van der Waals surface area contributed by atoms with Gasteiger partial charge in [-0.15, -0.1) is 0 Å². The van der Waals surface area contributed by atoms with Gasteiger partial charge in [0.1, 0.15) is 11.8 Å². The first-order valence-electron chi connectivity index (χ1n) is 12.4. The number of thiazole rings is 1. The smallest absolute Gasteiger partial charge is 0.338 e. The van der Waals surface area contributed by atoms with Crippen molar-refractivity contribution in [2.45, 2.75) is 46.4 Å². The van der Waals surface area contributed by atoms with Crippen LogP contribution in [0.15, 0.2) is 74.2 Å². The van der Waals surface area contributed by atoms with Crippen molar-refractivity contribution in [3.8, 4) is 5.75 Å². The third kappa shape index (κ3) is 4.54. The number of carbonyl (C=O) groups excluding carboxylic acids is 1. The summed E-state index contributed by atoms with van der Waals surface area (Å²) < 4.78 is 16.4. The van der Waals surface area contributed by atoms with Crippen LogP contribution in [0.1, 0.15) is 44.9 Å². The number of aromatic nitrogens is 2. The molecule has 1 aliphatic rings. The lowest BCUT2D eigenvalue weighted by Crippen LogP contribution is -2.40. The van der Waals surface area contributed by atoms with E-state index in [4.69, 9.17) is 14.5 Å². The van der Waals surface area contributed by atoms with Crippen molar-refractivity contribution in [1.82, 2.24) is 9.13 Å². The average molecular weight is 595 g/mol. The molecule has 0 N–H and O–H groups in total. The van der Waals surface area contributed by atoms with Gasteiger partial charge in [0.05, 0.1) is 29.0 Å². The summed E-state index contributed by atoms with van der Waals surface area (Å²) in [5.41, 5.74) is 3.34. The van der Waals surface area contributed by atoms with Crippen molar-refractivity contribution < 1.29 is 14.3 Å². The Bertz CT molecular complexity index is 1780. The topological polar surface area (TPSA) is 74.8 Å². The summed E-state index contributed by atoms with van der Waals surface area (Å²) in [7, 11) is 1.57. The van der Waals surface area contributed by atoms with Crippen LogP contribution in [0.2, 0.25) is 0 Å². The molecule has 0 radical (unpaired) electrons. The van der Waals surface area contributed by atoms with Crippen molar-refractivity contribution in [2.24, 2.45) is 4.99 Å². The molecular weight excluding hydrogens is 566 g/mol. The summed E-state index contributed by atoms with van der Waals surface area (Å²) in [5.74, 6) is 0.0527. The molecule has 3 heterocycles. The minimum Gasteiger partial charge on any atom is -0.496 e. The molecule has 9 heteroatoms. The van der Waals surface area contributed by atoms with Gasteiger partial charge in [0, 0.05) is 39.2 Å². The van der Waals surface area contributed by atoms with Crippen molar-refractivity contribution >= 4 is 50.2 Å². The minimum atomic E-state index is -0.760. The third-order valence-electron chi connectivity index (χ3n) is 6.52. The number of allylic oxidation sites excluding steroid dienone is 1. The van der Waals surface area contributed by atoms with E-state index < -0.39 is 12.0 Å². The normalized spacial score (nSPS) is 15.7. The largest absolute Gasteiger partial charge is 0.496 e. The lowest BCUT2D eigenvalue weighted by atomic mass is 9.95. The van der Waals surface area contributed by atoms with E-state index in [1.54, 1.807) is 32.4 Å². The number of aryl methyl sites for hydroxylation is 1. The Hall–Kier alpha value is -3.43. The number of esters is 1. The van der Waals surface area contributed by atoms with Crippen LogP contribution in [0, 0.1) is 0 Å². The number of para-hydroxylation sites is 1. The van der Waals surface area contributed by atoms with Gasteiger partial charge in [-0.3, -0.25) is 9.36 Å². The number of hydrogen-bond acceptors (Lipinski definition) is 6. The van der Waals surface area contributed by atoms with E-state index in [1.165, 1.54) is 11.3 Å². The summed E-state index contributed by atoms with van der Waals surface area (Å²) >= 11 is 4.85. The van der Waals surface area contributed by atoms with Gasteiger partial charge in [0.25, 0.3) is 5.56 Å². The second kappa shape index (κ2) is 10.4. The maximum absolute atomic E-state index is 14.0. The van der Waals surface area contributed by atoms with Crippen LogP contribution < -0.4 is 19.6 Å². The number of fused-ring (bicyclic) bond motifs is 2. The fourth-order valence-electron chi connectivity index (χ4n) is 4.87. The zero-order valence-electron chi connectivity index (χ0n) is 21.8. The summed E-state index contributed by atoms with van der Waals surface area (Å²) in [6.07, 6.45) is 3.65. The number of hydrogen-bond donors (Lipinski definition) is 0. The molecule has 5 rings (SSSR count). The minimum absolute atomic E-state index is 0.226. The molecular formula is C29H28BrN3O4S. The molecule has 0 unspecified atom stereocenters. The Kier molecular flexibility index (Phi) is 7.15. The molecule has 0 amide bonds. The maximum atomic E-state index is 14.0. The zero-order chi connectivity index (χ0) is 27.1. The molecule has 1 aliphatic heterocycles. The molecule has 196 valence electrons. The SMILES string of the molecule is CCn1cc(/C=c2\sc3n(c2=O)[C@H](c2cc(Br)ccc2OC)C(C(=O)OC(C)C)=C(C)N=3)c2ccccc21. The first-order valence-corrected chi connectivity index (χ1v) is 14.0. The molecule has 0 bridgehead atoms. The number of ether oxygens (including phenoxy) is 2. The van der Waals surface area contributed by atoms with E-state index in [0.717, 1.165) is 27.5 Å². The average Bonchev–Trinajstić information content (AvgIpc) is 3.39. The van der Waals surface area contributed by atoms with Crippen molar-refractivity contribution in [3.63, 3.8) is 0 Å². The Morgan fingerprint density at radius 2 is 2.00 bits per heavy atom. The molecule has 0 aliphatic carbocycles. The Morgan fingerprint density at radius 1 is 1.24 bits per heavy atom. The van der Waals surface area contributed by atoms with Crippen LogP contribution in [0.5, 0.6) is 5.75 Å². The third-order valence-corrected chi connectivity index (χ3v) is 7.99. The number of rotatable bonds is 6. The van der Waals surface area contributed by atoms with Crippen LogP contribution in [0.3, 0.4) is 0 Å². The fraction of sp³-hybridized carbons (Fsp3) is 0.276. The van der Waals surface area contributed by atoms with E-state index in [0.29, 0.717) is 31.9 Å². The predicted octanol–water partition coefficient (Wildman–Crippen LogP) is 4.93. The van der Waals surface area contributed by atoms with Gasteiger partial charge in [0.15, 0.2) is 4.80 Å². The predicted molar refractivity (Wildman–Crippen MR) is 153 cm³/mol. The van der Waals surface area contributed by atoms with E-state index >= 15 is 0 Å². The van der Waals surface area contributed by atoms with Crippen LogP contribution in [0.4, 0.5) is 0 Å². The van der Waals surface area contributed by atoms with E-state index in [2.05, 4.69) is 45.8 Å².